The van der Waals surface area contributed by atoms with Crippen LogP contribution in [-0.4, -0.2) is 26.0 Å². The van der Waals surface area contributed by atoms with Crippen LogP contribution in [0.2, 0.25) is 0 Å². The van der Waals surface area contributed by atoms with Crippen LogP contribution in [0.4, 0.5) is 0 Å². The van der Waals surface area contributed by atoms with E-state index in [1.54, 1.807) is 49.8 Å². The number of nitrogens with zero attached hydrogens (tertiary/aromatic N) is 1. The fourth-order valence-electron chi connectivity index (χ4n) is 1.90. The van der Waals surface area contributed by atoms with Gasteiger partial charge >= 0.3 is 5.97 Å². The molecule has 0 radical (unpaired) electrons. The molecule has 0 amide bonds. The van der Waals surface area contributed by atoms with Crippen molar-refractivity contribution in [3.63, 3.8) is 0 Å². The Kier molecular flexibility index (Phi) is 5.51. The molecule has 0 atom stereocenters. The zero-order chi connectivity index (χ0) is 16.7. The predicted molar refractivity (Wildman–Crippen MR) is 83.1 cm³/mol. The minimum atomic E-state index is -0.525. The van der Waals surface area contributed by atoms with Gasteiger partial charge in [0.1, 0.15) is 0 Å². The molecule has 2 rings (SSSR count). The number of hydrogen-bond donors (Lipinski definition) is 1. The van der Waals surface area contributed by atoms with Gasteiger partial charge in [-0.3, -0.25) is 0 Å². The maximum absolute atomic E-state index is 11.8. The summed E-state index contributed by atoms with van der Waals surface area (Å²) in [4.78, 5) is 19.5. The van der Waals surface area contributed by atoms with Crippen LogP contribution >= 0.6 is 0 Å². The number of aromatic nitrogens is 1. The minimum absolute atomic E-state index is 0.0414. The number of carbonyl (C=O) groups is 1. The third-order valence-corrected chi connectivity index (χ3v) is 3.06. The summed E-state index contributed by atoms with van der Waals surface area (Å²) in [5.74, 6) is 0.733. The van der Waals surface area contributed by atoms with Crippen molar-refractivity contribution in [1.29, 1.82) is 0 Å². The largest absolute Gasteiger partial charge is 0.493 e. The van der Waals surface area contributed by atoms with E-state index >= 15 is 0 Å². The second kappa shape index (κ2) is 7.79. The number of carbonyl (C=O) groups excluding carboxylic acids is 1. The van der Waals surface area contributed by atoms with E-state index in [1.807, 2.05) is 0 Å². The van der Waals surface area contributed by atoms with Crippen LogP contribution < -0.4 is 20.2 Å². The number of methoxy groups -OCH3 is 2. The first-order valence-corrected chi connectivity index (χ1v) is 6.84. The molecule has 120 valence electrons. The second-order valence-electron chi connectivity index (χ2n) is 4.59. The molecular formula is C16H18N3O4+. The zero-order valence-electron chi connectivity index (χ0n) is 12.9. The van der Waals surface area contributed by atoms with Gasteiger partial charge < -0.3 is 20.0 Å². The molecule has 0 saturated heterocycles. The highest BCUT2D eigenvalue weighted by Gasteiger charge is 2.10. The maximum atomic E-state index is 11.8. The minimum Gasteiger partial charge on any atom is -0.493 e. The Morgan fingerprint density at radius 2 is 1.83 bits per heavy atom. The molecule has 0 saturated carbocycles. The van der Waals surface area contributed by atoms with Gasteiger partial charge in [0.15, 0.2) is 29.7 Å². The number of pyridine rings is 1. The monoisotopic (exact) mass is 316 g/mol. The molecule has 0 fully saturated rings. The summed E-state index contributed by atoms with van der Waals surface area (Å²) in [5.41, 5.74) is 7.12. The molecule has 1 aromatic carbocycles. The maximum Gasteiger partial charge on any atom is 0.339 e. The number of aromatic amines is 1. The van der Waals surface area contributed by atoms with Gasteiger partial charge in [-0.15, -0.1) is 0 Å². The predicted octanol–water partition coefficient (Wildman–Crippen LogP) is 0.924. The number of nitrogens with two attached hydrogens (primary N) is 1. The SMILES string of the molecule is COc1ccc(CC(=O)ON=C(N)c2cc[nH+]cc2)cc1OC. The van der Waals surface area contributed by atoms with Crippen molar-refractivity contribution >= 4 is 11.8 Å². The fourth-order valence-corrected chi connectivity index (χ4v) is 1.90. The van der Waals surface area contributed by atoms with E-state index in [0.29, 0.717) is 17.1 Å². The quantitative estimate of drug-likeness (QED) is 0.370. The van der Waals surface area contributed by atoms with E-state index in [1.165, 1.54) is 7.11 Å². The number of nitrogens with one attached hydrogen (secondary N) is 1. The number of ether oxygens (including phenoxy) is 2. The van der Waals surface area contributed by atoms with Crippen molar-refractivity contribution in [2.24, 2.45) is 10.9 Å². The molecule has 7 nitrogen and oxygen atoms in total. The summed E-state index contributed by atoms with van der Waals surface area (Å²) in [6.07, 6.45) is 3.44. The van der Waals surface area contributed by atoms with Gasteiger partial charge in [-0.2, -0.15) is 0 Å². The molecule has 23 heavy (non-hydrogen) atoms. The van der Waals surface area contributed by atoms with E-state index < -0.39 is 5.97 Å². The van der Waals surface area contributed by atoms with Crippen LogP contribution in [0.1, 0.15) is 11.1 Å². The topological polar surface area (TPSA) is 97.3 Å². The number of amidine groups is 1. The Morgan fingerprint density at radius 3 is 2.48 bits per heavy atom. The van der Waals surface area contributed by atoms with Gasteiger partial charge in [0.25, 0.3) is 0 Å². The first kappa shape index (κ1) is 16.3. The highest BCUT2D eigenvalue weighted by Crippen LogP contribution is 2.27. The average Bonchev–Trinajstić information content (AvgIpc) is 2.60. The lowest BCUT2D eigenvalue weighted by atomic mass is 10.1. The van der Waals surface area contributed by atoms with Crippen molar-refractivity contribution in [3.05, 3.63) is 53.9 Å². The van der Waals surface area contributed by atoms with E-state index in [4.69, 9.17) is 20.0 Å². The Hall–Kier alpha value is -3.09. The molecule has 0 aliphatic rings. The van der Waals surface area contributed by atoms with Crippen molar-refractivity contribution in [1.82, 2.24) is 0 Å². The Bertz CT molecular complexity index is 702. The molecule has 3 N–H and O–H groups in total. The molecule has 1 aromatic heterocycles. The molecule has 1 heterocycles. The van der Waals surface area contributed by atoms with Crippen molar-refractivity contribution in [2.45, 2.75) is 6.42 Å². The first-order chi connectivity index (χ1) is 11.1. The van der Waals surface area contributed by atoms with Crippen LogP contribution in [0.15, 0.2) is 47.9 Å². The summed E-state index contributed by atoms with van der Waals surface area (Å²) in [7, 11) is 3.08. The summed E-state index contributed by atoms with van der Waals surface area (Å²) in [6, 6.07) is 8.63. The van der Waals surface area contributed by atoms with Crippen LogP contribution in [-0.2, 0) is 16.1 Å². The summed E-state index contributed by atoms with van der Waals surface area (Å²) in [5, 5.41) is 3.64. The molecular weight excluding hydrogens is 298 g/mol. The van der Waals surface area contributed by atoms with Crippen LogP contribution in [0, 0.1) is 0 Å². The highest BCUT2D eigenvalue weighted by atomic mass is 16.7. The molecule has 2 aromatic rings. The van der Waals surface area contributed by atoms with Crippen molar-refractivity contribution in [3.8, 4) is 11.5 Å². The first-order valence-electron chi connectivity index (χ1n) is 6.84. The third kappa shape index (κ3) is 4.44. The molecule has 0 unspecified atom stereocenters. The van der Waals surface area contributed by atoms with E-state index in [-0.39, 0.29) is 12.3 Å². The van der Waals surface area contributed by atoms with Gasteiger partial charge in [-0.25, -0.2) is 9.78 Å². The lowest BCUT2D eigenvalue weighted by molar-refractivity contribution is -0.378. The van der Waals surface area contributed by atoms with E-state index in [2.05, 4.69) is 10.1 Å². The van der Waals surface area contributed by atoms with Crippen LogP contribution in [0.3, 0.4) is 0 Å². The normalized spacial score (nSPS) is 11.0. The third-order valence-electron chi connectivity index (χ3n) is 3.06. The smallest absolute Gasteiger partial charge is 0.339 e. The summed E-state index contributed by atoms with van der Waals surface area (Å²) >= 11 is 0. The van der Waals surface area contributed by atoms with E-state index in [9.17, 15) is 4.79 Å². The number of oxime groups is 1. The van der Waals surface area contributed by atoms with Crippen LogP contribution in [0.5, 0.6) is 11.5 Å². The standard InChI is InChI=1S/C16H17N3O4/c1-21-13-4-3-11(9-14(13)22-2)10-15(20)23-19-16(17)12-5-7-18-8-6-12/h3-9H,10H2,1-2H3,(H2,17,19)/p+1. The number of H-pyrrole nitrogens is 1. The van der Waals surface area contributed by atoms with Crippen molar-refractivity contribution in [2.75, 3.05) is 14.2 Å². The van der Waals surface area contributed by atoms with Gasteiger partial charge in [0, 0.05) is 17.7 Å². The molecule has 0 spiro atoms. The molecule has 7 heteroatoms. The second-order valence-corrected chi connectivity index (χ2v) is 4.59. The number of hydrogen-bond acceptors (Lipinski definition) is 5. The molecule has 0 aliphatic carbocycles. The average molecular weight is 316 g/mol. The van der Waals surface area contributed by atoms with E-state index in [0.717, 1.165) is 5.56 Å². The van der Waals surface area contributed by atoms with Crippen molar-refractivity contribution < 1.29 is 24.1 Å². The summed E-state index contributed by atoms with van der Waals surface area (Å²) < 4.78 is 10.3. The number of benzene rings is 1. The zero-order valence-corrected chi connectivity index (χ0v) is 12.9. The Balaban J connectivity index is 2.00. The molecule has 0 aliphatic heterocycles. The lowest BCUT2D eigenvalue weighted by Crippen LogP contribution is -2.17. The highest BCUT2D eigenvalue weighted by molar-refractivity contribution is 5.97. The van der Waals surface area contributed by atoms with Gasteiger partial charge in [0.05, 0.1) is 20.6 Å². The van der Waals surface area contributed by atoms with Gasteiger partial charge in [-0.1, -0.05) is 11.2 Å². The van der Waals surface area contributed by atoms with Crippen LogP contribution in [0.25, 0.3) is 0 Å². The van der Waals surface area contributed by atoms with Gasteiger partial charge in [-0.05, 0) is 17.7 Å². The van der Waals surface area contributed by atoms with Gasteiger partial charge in [0.2, 0.25) is 0 Å². The number of rotatable bonds is 6. The molecule has 0 bridgehead atoms. The summed E-state index contributed by atoms with van der Waals surface area (Å²) in [6.45, 7) is 0. The Labute approximate surface area is 133 Å². The Morgan fingerprint density at radius 1 is 1.13 bits per heavy atom. The lowest BCUT2D eigenvalue weighted by Gasteiger charge is -2.08. The fraction of sp³-hybridized carbons (Fsp3) is 0.188.